The van der Waals surface area contributed by atoms with Gasteiger partial charge in [-0.1, -0.05) is 19.9 Å². The molecule has 4 heteroatoms. The van der Waals surface area contributed by atoms with Crippen molar-refractivity contribution in [3.63, 3.8) is 0 Å². The Labute approximate surface area is 95.3 Å². The highest BCUT2D eigenvalue weighted by Crippen LogP contribution is 2.19. The summed E-state index contributed by atoms with van der Waals surface area (Å²) in [6.07, 6.45) is 0. The molecule has 0 amide bonds. The van der Waals surface area contributed by atoms with Crippen molar-refractivity contribution in [2.24, 2.45) is 11.7 Å². The van der Waals surface area contributed by atoms with Crippen LogP contribution in [0.1, 0.15) is 13.8 Å². The van der Waals surface area contributed by atoms with Gasteiger partial charge >= 0.3 is 5.97 Å². The quantitative estimate of drug-likeness (QED) is 0.622. The van der Waals surface area contributed by atoms with E-state index in [0.29, 0.717) is 11.5 Å². The molecule has 1 rings (SSSR count). The minimum Gasteiger partial charge on any atom is -0.497 e. The number of carbonyl (C=O) groups is 1. The van der Waals surface area contributed by atoms with Crippen molar-refractivity contribution in [2.45, 2.75) is 19.9 Å². The van der Waals surface area contributed by atoms with Gasteiger partial charge in [0.05, 0.1) is 7.11 Å². The zero-order valence-electron chi connectivity index (χ0n) is 9.77. The van der Waals surface area contributed by atoms with E-state index in [4.69, 9.17) is 15.2 Å². The molecule has 0 saturated carbocycles. The van der Waals surface area contributed by atoms with Crippen LogP contribution >= 0.6 is 0 Å². The molecule has 4 nitrogen and oxygen atoms in total. The van der Waals surface area contributed by atoms with Crippen molar-refractivity contribution in [1.82, 2.24) is 0 Å². The maximum atomic E-state index is 11.6. The fourth-order valence-corrected chi connectivity index (χ4v) is 1.12. The molecule has 1 unspecified atom stereocenters. The van der Waals surface area contributed by atoms with Gasteiger partial charge in [0.1, 0.15) is 17.5 Å². The highest BCUT2D eigenvalue weighted by Gasteiger charge is 2.19. The number of hydrogen-bond acceptors (Lipinski definition) is 4. The number of methoxy groups -OCH3 is 1. The number of nitrogens with two attached hydrogens (primary N) is 1. The third kappa shape index (κ3) is 3.24. The molecule has 0 fully saturated rings. The Kier molecular flexibility index (Phi) is 4.31. The molecule has 16 heavy (non-hydrogen) atoms. The number of carbonyl (C=O) groups excluding carboxylic acids is 1. The molecule has 0 radical (unpaired) electrons. The summed E-state index contributed by atoms with van der Waals surface area (Å²) in [5.74, 6) is 0.713. The highest BCUT2D eigenvalue weighted by molar-refractivity contribution is 5.78. The number of esters is 1. The summed E-state index contributed by atoms with van der Waals surface area (Å²) in [5.41, 5.74) is 5.67. The van der Waals surface area contributed by atoms with E-state index in [1.165, 1.54) is 0 Å². The first-order valence-electron chi connectivity index (χ1n) is 5.16. The van der Waals surface area contributed by atoms with Gasteiger partial charge in [0.15, 0.2) is 0 Å². The van der Waals surface area contributed by atoms with Crippen molar-refractivity contribution in [3.8, 4) is 11.5 Å². The van der Waals surface area contributed by atoms with Gasteiger partial charge < -0.3 is 15.2 Å². The second kappa shape index (κ2) is 5.51. The standard InChI is InChI=1S/C12H17NO3/c1-8(2)11(13)12(14)16-10-6-4-5-9(7-10)15-3/h4-8,11H,13H2,1-3H3. The lowest BCUT2D eigenvalue weighted by Gasteiger charge is -2.14. The molecule has 0 saturated heterocycles. The Morgan fingerprint density at radius 1 is 1.31 bits per heavy atom. The Morgan fingerprint density at radius 2 is 1.94 bits per heavy atom. The van der Waals surface area contributed by atoms with Gasteiger partial charge in [-0.3, -0.25) is 0 Å². The number of ether oxygens (including phenoxy) is 2. The van der Waals surface area contributed by atoms with E-state index in [2.05, 4.69) is 0 Å². The van der Waals surface area contributed by atoms with Crippen LogP contribution in [0.2, 0.25) is 0 Å². The summed E-state index contributed by atoms with van der Waals surface area (Å²) in [6, 6.07) is 6.26. The van der Waals surface area contributed by atoms with Crippen molar-refractivity contribution in [3.05, 3.63) is 24.3 Å². The van der Waals surface area contributed by atoms with E-state index in [1.807, 2.05) is 13.8 Å². The minimum atomic E-state index is -0.605. The number of benzene rings is 1. The molecule has 0 bridgehead atoms. The van der Waals surface area contributed by atoms with E-state index >= 15 is 0 Å². The van der Waals surface area contributed by atoms with Crippen molar-refractivity contribution < 1.29 is 14.3 Å². The van der Waals surface area contributed by atoms with Gasteiger partial charge in [-0.05, 0) is 18.1 Å². The van der Waals surface area contributed by atoms with Gasteiger partial charge in [-0.15, -0.1) is 0 Å². The molecule has 2 N–H and O–H groups in total. The maximum Gasteiger partial charge on any atom is 0.328 e. The fourth-order valence-electron chi connectivity index (χ4n) is 1.12. The molecule has 0 aliphatic heterocycles. The smallest absolute Gasteiger partial charge is 0.328 e. The molecule has 0 spiro atoms. The van der Waals surface area contributed by atoms with Crippen LogP contribution in [0.4, 0.5) is 0 Å². The topological polar surface area (TPSA) is 61.5 Å². The zero-order chi connectivity index (χ0) is 12.1. The van der Waals surface area contributed by atoms with Crippen molar-refractivity contribution in [2.75, 3.05) is 7.11 Å². The Hall–Kier alpha value is -1.55. The molecule has 1 atom stereocenters. The summed E-state index contributed by atoms with van der Waals surface area (Å²) >= 11 is 0. The summed E-state index contributed by atoms with van der Waals surface area (Å²) in [5, 5.41) is 0. The normalized spacial score (nSPS) is 12.3. The zero-order valence-corrected chi connectivity index (χ0v) is 9.77. The predicted molar refractivity (Wildman–Crippen MR) is 61.4 cm³/mol. The van der Waals surface area contributed by atoms with Gasteiger partial charge in [-0.25, -0.2) is 4.79 Å². The van der Waals surface area contributed by atoms with Gasteiger partial charge in [0.25, 0.3) is 0 Å². The summed E-state index contributed by atoms with van der Waals surface area (Å²) in [4.78, 5) is 11.6. The van der Waals surface area contributed by atoms with Crippen LogP contribution in [0.5, 0.6) is 11.5 Å². The predicted octanol–water partition coefficient (Wildman–Crippen LogP) is 1.58. The molecule has 88 valence electrons. The van der Waals surface area contributed by atoms with Crippen LogP contribution in [-0.4, -0.2) is 19.1 Å². The van der Waals surface area contributed by atoms with Crippen LogP contribution in [0.25, 0.3) is 0 Å². The third-order valence-corrected chi connectivity index (χ3v) is 2.25. The molecular weight excluding hydrogens is 206 g/mol. The third-order valence-electron chi connectivity index (χ3n) is 2.25. The van der Waals surface area contributed by atoms with Crippen LogP contribution in [0.3, 0.4) is 0 Å². The van der Waals surface area contributed by atoms with Gasteiger partial charge in [-0.2, -0.15) is 0 Å². The Morgan fingerprint density at radius 3 is 2.50 bits per heavy atom. The van der Waals surface area contributed by atoms with E-state index < -0.39 is 12.0 Å². The van der Waals surface area contributed by atoms with Crippen LogP contribution in [-0.2, 0) is 4.79 Å². The second-order valence-corrected chi connectivity index (χ2v) is 3.87. The first-order valence-corrected chi connectivity index (χ1v) is 5.16. The summed E-state index contributed by atoms with van der Waals surface area (Å²) in [7, 11) is 1.56. The first kappa shape index (κ1) is 12.5. The summed E-state index contributed by atoms with van der Waals surface area (Å²) < 4.78 is 10.2. The lowest BCUT2D eigenvalue weighted by atomic mass is 10.1. The van der Waals surface area contributed by atoms with Crippen molar-refractivity contribution >= 4 is 5.97 Å². The van der Waals surface area contributed by atoms with Crippen molar-refractivity contribution in [1.29, 1.82) is 0 Å². The number of hydrogen-bond donors (Lipinski definition) is 1. The van der Waals surface area contributed by atoms with Crippen LogP contribution < -0.4 is 15.2 Å². The summed E-state index contributed by atoms with van der Waals surface area (Å²) in [6.45, 7) is 3.75. The van der Waals surface area contributed by atoms with E-state index in [1.54, 1.807) is 31.4 Å². The highest BCUT2D eigenvalue weighted by atomic mass is 16.5. The Bertz CT molecular complexity index is 363. The van der Waals surface area contributed by atoms with E-state index in [9.17, 15) is 4.79 Å². The average molecular weight is 223 g/mol. The fraction of sp³-hybridized carbons (Fsp3) is 0.417. The molecule has 0 heterocycles. The minimum absolute atomic E-state index is 0.0538. The largest absolute Gasteiger partial charge is 0.497 e. The van der Waals surface area contributed by atoms with Gasteiger partial charge in [0.2, 0.25) is 0 Å². The number of rotatable bonds is 4. The molecule has 1 aromatic carbocycles. The van der Waals surface area contributed by atoms with Crippen LogP contribution in [0.15, 0.2) is 24.3 Å². The molecular formula is C12H17NO3. The second-order valence-electron chi connectivity index (χ2n) is 3.87. The van der Waals surface area contributed by atoms with E-state index in [0.717, 1.165) is 0 Å². The van der Waals surface area contributed by atoms with E-state index in [-0.39, 0.29) is 5.92 Å². The SMILES string of the molecule is COc1cccc(OC(=O)C(N)C(C)C)c1. The lowest BCUT2D eigenvalue weighted by Crippen LogP contribution is -2.38. The average Bonchev–Trinajstić information content (AvgIpc) is 2.28. The molecule has 0 aromatic heterocycles. The molecule has 1 aromatic rings. The lowest BCUT2D eigenvalue weighted by molar-refractivity contribution is -0.136. The first-order chi connectivity index (χ1) is 7.54. The van der Waals surface area contributed by atoms with Crippen LogP contribution in [0, 0.1) is 5.92 Å². The Balaban J connectivity index is 2.69. The monoisotopic (exact) mass is 223 g/mol. The molecule has 0 aliphatic rings. The van der Waals surface area contributed by atoms with Gasteiger partial charge in [0, 0.05) is 6.07 Å². The molecule has 0 aliphatic carbocycles. The maximum absolute atomic E-state index is 11.6.